The number of aromatic carboxylic acids is 1. The molecule has 0 saturated heterocycles. The van der Waals surface area contributed by atoms with Gasteiger partial charge < -0.3 is 30.8 Å². The van der Waals surface area contributed by atoms with E-state index in [-0.39, 0.29) is 111 Å². The average Bonchev–Trinajstić information content (AvgIpc) is 0.705. The Morgan fingerprint density at radius 3 is 1.26 bits per heavy atom. The van der Waals surface area contributed by atoms with Crippen LogP contribution < -0.4 is 5.32 Å². The van der Waals surface area contributed by atoms with Crippen molar-refractivity contribution in [3.05, 3.63) is 93.0 Å². The number of hydrogen-bond donors (Lipinski definition) is 6. The molecule has 14 nitrogen and oxygen atoms in total. The van der Waals surface area contributed by atoms with E-state index in [9.17, 15) is 61.5 Å². The summed E-state index contributed by atoms with van der Waals surface area (Å²) in [5.41, 5.74) is 6.26. The average molecular weight is 1570 g/mol. The molecule has 8 saturated carbocycles. The molecular weight excluding hydrogens is 1440 g/mol. The number of amides is 1. The molecule has 0 aromatic heterocycles. The molecule has 4 aromatic carbocycles. The van der Waals surface area contributed by atoms with Crippen molar-refractivity contribution in [2.45, 2.75) is 294 Å². The van der Waals surface area contributed by atoms with Crippen molar-refractivity contribution in [1.82, 2.24) is 5.32 Å². The van der Waals surface area contributed by atoms with E-state index in [1.807, 2.05) is 36.9 Å². The van der Waals surface area contributed by atoms with Crippen LogP contribution in [0.5, 0.6) is 23.0 Å². The number of thioether (sulfide) groups is 1. The van der Waals surface area contributed by atoms with Gasteiger partial charge in [0.1, 0.15) is 28.6 Å². The van der Waals surface area contributed by atoms with E-state index in [0.29, 0.717) is 85.3 Å². The van der Waals surface area contributed by atoms with Gasteiger partial charge in [-0.3, -0.25) is 22.8 Å². The van der Waals surface area contributed by atoms with Crippen molar-refractivity contribution in [2.24, 2.45) is 90.7 Å². The standard InChI is InChI=1S/C24H34O3S.C23H33NO4S.C22H30O4S.C22H30O2S/c1-6-17(25)15-12-16-19(13-18(15)26)28(27)14-21-23(16,4)11-8-20-22(2,3)9-7-10-24(20,21)5;1-21(2)8-6-9-23(4)18(21)7-10-22(3)15-11-14(20(26)24-5)16(25)12-17(15)29(27,28)13-19(22)23;1-20(2)7-5-8-22(4)17(20)6-9-21(3)14-10-13(19(24)25)15(23)11-16(14)27(26)12-18(21)22;1-20(2)7-5-8-22(4)18(20)6-9-21(3)15-10-14(12-23)16(24)11-17(15)25-13-19(21)22/h12-13,20-21,26H,6-11,14H2,1-5H3;11-12,18-19,25H,6-10,13H2,1-5H3,(H,24,26);10-11,17-18,23H,5-9,12H2,1-4H3,(H,24,25);10-12,18-19,24H,5-9,13H2,1-4H3/t20-,21-,23-,24-,28?;18-,19-,22-,23-;17-,18-,21-,22-,27?;18-,19-,21-,22-/m0000/s1. The van der Waals surface area contributed by atoms with Gasteiger partial charge in [0.2, 0.25) is 0 Å². The number of phenols is 4. The van der Waals surface area contributed by atoms with Crippen LogP contribution >= 0.6 is 11.8 Å². The van der Waals surface area contributed by atoms with Crippen LogP contribution in [0.25, 0.3) is 0 Å². The van der Waals surface area contributed by atoms with Gasteiger partial charge in [-0.05, 0) is 286 Å². The first-order chi connectivity index (χ1) is 50.6. The number of carbonyl (C=O) groups excluding carboxylic acids is 3. The Labute approximate surface area is 660 Å². The number of carbonyl (C=O) groups is 4. The molecule has 2 unspecified atom stereocenters. The molecule has 4 aliphatic heterocycles. The van der Waals surface area contributed by atoms with Crippen LogP contribution in [0.3, 0.4) is 0 Å². The zero-order valence-electron chi connectivity index (χ0n) is 68.6. The summed E-state index contributed by atoms with van der Waals surface area (Å²) in [6, 6.07) is 13.3. The number of aromatic hydroxyl groups is 4. The molecule has 12 aliphatic rings. The van der Waals surface area contributed by atoms with Gasteiger partial charge in [-0.25, -0.2) is 13.2 Å². The summed E-state index contributed by atoms with van der Waals surface area (Å²) in [4.78, 5) is 50.5. The molecule has 18 heteroatoms. The van der Waals surface area contributed by atoms with Crippen LogP contribution in [0.1, 0.15) is 316 Å². The topological polar surface area (TPSA) is 250 Å². The quantitative estimate of drug-likeness (QED) is 0.0804. The number of aldehydes is 1. The Morgan fingerprint density at radius 1 is 0.468 bits per heavy atom. The molecule has 109 heavy (non-hydrogen) atoms. The van der Waals surface area contributed by atoms with Gasteiger partial charge in [-0.1, -0.05) is 143 Å². The summed E-state index contributed by atoms with van der Waals surface area (Å²) in [6.45, 7) is 39.9. The van der Waals surface area contributed by atoms with Crippen molar-refractivity contribution in [3.63, 3.8) is 0 Å². The van der Waals surface area contributed by atoms with Gasteiger partial charge >= 0.3 is 5.97 Å². The summed E-state index contributed by atoms with van der Waals surface area (Å²) in [5.74, 6) is 4.32. The van der Waals surface area contributed by atoms with Crippen molar-refractivity contribution in [1.29, 1.82) is 0 Å². The first-order valence-corrected chi connectivity index (χ1v) is 46.5. The number of benzene rings is 4. The third kappa shape index (κ3) is 12.9. The molecule has 4 heterocycles. The molecular formula is C91H127NO13S4. The first kappa shape index (κ1) is 82.0. The van der Waals surface area contributed by atoms with Gasteiger partial charge in [0, 0.05) is 45.4 Å². The molecule has 16 rings (SSSR count). The zero-order valence-corrected chi connectivity index (χ0v) is 71.9. The van der Waals surface area contributed by atoms with Crippen molar-refractivity contribution in [2.75, 3.05) is 30.1 Å². The molecule has 0 spiro atoms. The van der Waals surface area contributed by atoms with E-state index < -0.39 is 43.3 Å². The van der Waals surface area contributed by atoms with Crippen molar-refractivity contribution in [3.8, 4) is 23.0 Å². The van der Waals surface area contributed by atoms with Gasteiger partial charge in [0.05, 0.1) is 48.9 Å². The van der Waals surface area contributed by atoms with Gasteiger partial charge in [-0.2, -0.15) is 0 Å². The summed E-state index contributed by atoms with van der Waals surface area (Å²) in [7, 11) is -4.37. The highest BCUT2D eigenvalue weighted by molar-refractivity contribution is 7.99. The number of Topliss-reactive ketones (excluding diaryl/α,β-unsaturated/α-hetero) is 1. The Morgan fingerprint density at radius 2 is 0.844 bits per heavy atom. The van der Waals surface area contributed by atoms with Crippen molar-refractivity contribution >= 4 is 67.1 Å². The largest absolute Gasteiger partial charge is 0.507 e. The minimum Gasteiger partial charge on any atom is -0.507 e. The minimum absolute atomic E-state index is 0.00732. The van der Waals surface area contributed by atoms with Gasteiger partial charge in [0.25, 0.3) is 5.91 Å². The van der Waals surface area contributed by atoms with Crippen LogP contribution in [0, 0.1) is 90.7 Å². The maximum absolute atomic E-state index is 13.3. The second kappa shape index (κ2) is 27.9. The number of phenolic OH excluding ortho intramolecular Hbond substituents is 3. The maximum Gasteiger partial charge on any atom is 0.339 e. The number of nitrogens with one attached hydrogen (secondary N) is 1. The van der Waals surface area contributed by atoms with Gasteiger partial charge in [0.15, 0.2) is 21.9 Å². The van der Waals surface area contributed by atoms with E-state index in [2.05, 4.69) is 116 Å². The number of carboxylic acids is 1. The lowest BCUT2D eigenvalue weighted by molar-refractivity contribution is -0.0982. The highest BCUT2D eigenvalue weighted by Crippen LogP contribution is 2.72. The summed E-state index contributed by atoms with van der Waals surface area (Å²) < 4.78 is 53.1. The predicted octanol–water partition coefficient (Wildman–Crippen LogP) is 20.2. The number of fused-ring (bicyclic) bond motifs is 20. The molecule has 4 aromatic rings. The number of carboxylic acid groups (broad SMARTS) is 1. The van der Waals surface area contributed by atoms with Crippen LogP contribution in [-0.4, -0.2) is 96.4 Å². The smallest absolute Gasteiger partial charge is 0.339 e. The monoisotopic (exact) mass is 1570 g/mol. The van der Waals surface area contributed by atoms with E-state index in [0.717, 1.165) is 85.3 Å². The van der Waals surface area contributed by atoms with E-state index >= 15 is 0 Å². The molecule has 8 fully saturated rings. The third-order valence-electron chi connectivity index (χ3n) is 33.8. The molecule has 18 atom stereocenters. The Kier molecular flexibility index (Phi) is 21.0. The minimum atomic E-state index is -3.54. The first-order valence-electron chi connectivity index (χ1n) is 41.2. The SMILES string of the molecule is CC1(C)CCC[C@]2(C)[C@H]3CS(=O)c4cc(O)c(C(=O)O)cc4[C@]3(C)CC[C@@H]12.CC1(C)CCC[C@]2(C)[C@H]3CSc4cc(O)c(C=O)cc4[C@]3(C)CC[C@@H]12.CCC(=O)c1cc2c(cc1O)S(=O)C[C@@H]1[C@@]3(C)CCCC(C)(C)[C@@H]3CC[C@@]21C.CNC(=O)c1cc2c(cc1O)S(=O)(=O)C[C@@H]1[C@@]3(C)CCCC(C)(C)[C@@H]3CC[C@@]21C. The second-order valence-corrected chi connectivity index (χ2v) is 47.0. The van der Waals surface area contributed by atoms with E-state index in [4.69, 9.17) is 0 Å². The zero-order chi connectivity index (χ0) is 79.7. The third-order valence-corrected chi connectivity index (χ3v) is 39.6. The van der Waals surface area contributed by atoms with Crippen molar-refractivity contribution < 1.29 is 61.5 Å². The predicted molar refractivity (Wildman–Crippen MR) is 435 cm³/mol. The van der Waals surface area contributed by atoms with Crippen LogP contribution in [-0.2, 0) is 53.1 Å². The number of hydrogen-bond acceptors (Lipinski definition) is 13. The highest BCUT2D eigenvalue weighted by Gasteiger charge is 2.66. The fraction of sp³-hybridized carbons (Fsp3) is 0.692. The fourth-order valence-corrected chi connectivity index (χ4v) is 36.2. The molecule has 0 radical (unpaired) electrons. The van der Waals surface area contributed by atoms with Crippen LogP contribution in [0.15, 0.2) is 68.1 Å². The maximum atomic E-state index is 13.3. The summed E-state index contributed by atoms with van der Waals surface area (Å²) in [5, 5.41) is 53.0. The molecule has 8 aliphatic carbocycles. The molecule has 598 valence electrons. The lowest BCUT2D eigenvalue weighted by Crippen LogP contribution is -2.59. The second-order valence-electron chi connectivity index (χ2n) is 41.0. The lowest BCUT2D eigenvalue weighted by atomic mass is 9.43. The van der Waals surface area contributed by atoms with Gasteiger partial charge in [-0.15, -0.1) is 11.8 Å². The lowest BCUT2D eigenvalue weighted by Gasteiger charge is -2.64. The normalized spacial score (nSPS) is 38.6. The van der Waals surface area contributed by atoms with Crippen LogP contribution in [0.4, 0.5) is 0 Å². The summed E-state index contributed by atoms with van der Waals surface area (Å²) in [6.07, 6.45) is 24.6. The Balaban J connectivity index is 0.000000128. The number of rotatable bonds is 5. The van der Waals surface area contributed by atoms with Crippen LogP contribution in [0.2, 0.25) is 0 Å². The molecule has 1 amide bonds. The fourth-order valence-electron chi connectivity index (χ4n) is 28.2. The number of sulfone groups is 1. The highest BCUT2D eigenvalue weighted by atomic mass is 32.2. The Hall–Kier alpha value is -5.04. The van der Waals surface area contributed by atoms with E-state index in [1.165, 1.54) is 107 Å². The van der Waals surface area contributed by atoms with E-state index in [1.54, 1.807) is 18.2 Å². The molecule has 0 bridgehead atoms. The summed E-state index contributed by atoms with van der Waals surface area (Å²) >= 11 is 1.88. The molecule has 6 N–H and O–H groups in total. The number of ketones is 1. The Bertz CT molecular complexity index is 4540.